The molecule has 2 aromatic carbocycles. The van der Waals surface area contributed by atoms with E-state index in [9.17, 15) is 14.4 Å². The number of carbonyl (C=O) groups excluding carboxylic acids is 3. The summed E-state index contributed by atoms with van der Waals surface area (Å²) in [6.07, 6.45) is -1.93. The van der Waals surface area contributed by atoms with Gasteiger partial charge in [-0.2, -0.15) is 0 Å². The second-order valence-electron chi connectivity index (χ2n) is 6.30. The summed E-state index contributed by atoms with van der Waals surface area (Å²) in [5.41, 5.74) is 1.61. The van der Waals surface area contributed by atoms with Gasteiger partial charge in [0.2, 0.25) is 0 Å². The summed E-state index contributed by atoms with van der Waals surface area (Å²) in [6, 6.07) is 17.0. The Morgan fingerprint density at radius 1 is 0.964 bits per heavy atom. The number of benzene rings is 2. The van der Waals surface area contributed by atoms with Gasteiger partial charge in [0.1, 0.15) is 6.10 Å². The van der Waals surface area contributed by atoms with Gasteiger partial charge >= 0.3 is 18.0 Å². The summed E-state index contributed by atoms with van der Waals surface area (Å²) in [5.74, 6) is -1.24. The van der Waals surface area contributed by atoms with Crippen molar-refractivity contribution in [3.63, 3.8) is 0 Å². The Kier molecular flexibility index (Phi) is 5.93. The quantitative estimate of drug-likeness (QED) is 0.563. The predicted octanol–water partition coefficient (Wildman–Crippen LogP) is 2.70. The van der Waals surface area contributed by atoms with Crippen LogP contribution in [-0.4, -0.2) is 49.3 Å². The number of ether oxygens (including phenoxy) is 3. The molecule has 146 valence electrons. The van der Waals surface area contributed by atoms with Crippen LogP contribution in [0.3, 0.4) is 0 Å². The lowest BCUT2D eigenvalue weighted by molar-refractivity contribution is -0.149. The maximum absolute atomic E-state index is 12.8. The van der Waals surface area contributed by atoms with E-state index < -0.39 is 36.2 Å². The van der Waals surface area contributed by atoms with Gasteiger partial charge in [-0.05, 0) is 11.1 Å². The van der Waals surface area contributed by atoms with Crippen LogP contribution in [0, 0.1) is 0 Å². The highest BCUT2D eigenvalue weighted by molar-refractivity contribution is 5.87. The minimum Gasteiger partial charge on any atom is -0.469 e. The summed E-state index contributed by atoms with van der Waals surface area (Å²) in [7, 11) is 2.47. The molecule has 1 fully saturated rings. The van der Waals surface area contributed by atoms with Crippen LogP contribution >= 0.6 is 0 Å². The number of methoxy groups -OCH3 is 2. The van der Waals surface area contributed by atoms with Crippen molar-refractivity contribution < 1.29 is 28.6 Å². The van der Waals surface area contributed by atoms with Crippen LogP contribution < -0.4 is 0 Å². The number of esters is 2. The van der Waals surface area contributed by atoms with Crippen LogP contribution in [0.25, 0.3) is 0 Å². The Labute approximate surface area is 162 Å². The van der Waals surface area contributed by atoms with Gasteiger partial charge in [0.25, 0.3) is 0 Å². The standard InChI is InChI=1S/C21H21NO6/c1-26-17(23)13-16-19(20(24)27-2)22(21(25)28-16)18(14-9-5-3-6-10-14)15-11-7-4-8-12-15/h3-12,16,18-19H,13H2,1-2H3. The highest BCUT2D eigenvalue weighted by Gasteiger charge is 2.51. The van der Waals surface area contributed by atoms with E-state index in [4.69, 9.17) is 9.47 Å². The van der Waals surface area contributed by atoms with Gasteiger partial charge in [-0.3, -0.25) is 9.69 Å². The Bertz CT molecular complexity index is 799. The Hall–Kier alpha value is -3.35. The fourth-order valence-electron chi connectivity index (χ4n) is 3.38. The van der Waals surface area contributed by atoms with Crippen molar-refractivity contribution in [2.24, 2.45) is 0 Å². The first kappa shape index (κ1) is 19.4. The van der Waals surface area contributed by atoms with E-state index >= 15 is 0 Å². The van der Waals surface area contributed by atoms with Crippen molar-refractivity contribution in [1.82, 2.24) is 4.90 Å². The number of hydrogen-bond acceptors (Lipinski definition) is 6. The molecule has 1 aliphatic heterocycles. The van der Waals surface area contributed by atoms with Crippen molar-refractivity contribution in [3.05, 3.63) is 71.8 Å². The number of amides is 1. The van der Waals surface area contributed by atoms with E-state index in [0.717, 1.165) is 11.1 Å². The molecule has 0 saturated carbocycles. The lowest BCUT2D eigenvalue weighted by atomic mass is 9.95. The molecule has 0 aromatic heterocycles. The molecule has 1 aliphatic rings. The molecule has 1 amide bonds. The van der Waals surface area contributed by atoms with E-state index in [-0.39, 0.29) is 6.42 Å². The summed E-state index contributed by atoms with van der Waals surface area (Å²) < 4.78 is 15.0. The first-order chi connectivity index (χ1) is 13.6. The third kappa shape index (κ3) is 3.83. The normalized spacial score (nSPS) is 18.7. The lowest BCUT2D eigenvalue weighted by Gasteiger charge is -2.31. The molecule has 0 radical (unpaired) electrons. The van der Waals surface area contributed by atoms with Gasteiger partial charge in [0.15, 0.2) is 6.04 Å². The van der Waals surface area contributed by atoms with Gasteiger partial charge < -0.3 is 14.2 Å². The van der Waals surface area contributed by atoms with E-state index in [1.807, 2.05) is 60.7 Å². The first-order valence-electron chi connectivity index (χ1n) is 8.80. The highest BCUT2D eigenvalue weighted by Crippen LogP contribution is 2.36. The van der Waals surface area contributed by atoms with Crippen LogP contribution in [0.1, 0.15) is 23.6 Å². The third-order valence-electron chi connectivity index (χ3n) is 4.66. The zero-order valence-electron chi connectivity index (χ0n) is 15.6. The molecule has 0 bridgehead atoms. The van der Waals surface area contributed by atoms with Crippen molar-refractivity contribution in [2.45, 2.75) is 24.6 Å². The first-order valence-corrected chi connectivity index (χ1v) is 8.80. The maximum Gasteiger partial charge on any atom is 0.411 e. The second-order valence-corrected chi connectivity index (χ2v) is 6.30. The molecule has 28 heavy (non-hydrogen) atoms. The minimum absolute atomic E-state index is 0.241. The molecule has 3 rings (SSSR count). The molecule has 0 aliphatic carbocycles. The monoisotopic (exact) mass is 383 g/mol. The van der Waals surface area contributed by atoms with Crippen LogP contribution in [0.2, 0.25) is 0 Å². The van der Waals surface area contributed by atoms with Crippen LogP contribution in [0.5, 0.6) is 0 Å². The van der Waals surface area contributed by atoms with Gasteiger partial charge in [0.05, 0.1) is 26.7 Å². The highest BCUT2D eigenvalue weighted by atomic mass is 16.6. The van der Waals surface area contributed by atoms with Crippen molar-refractivity contribution in [1.29, 1.82) is 0 Å². The summed E-state index contributed by atoms with van der Waals surface area (Å²) in [5, 5.41) is 0. The molecule has 1 saturated heterocycles. The predicted molar refractivity (Wildman–Crippen MR) is 99.3 cm³/mol. The van der Waals surface area contributed by atoms with Crippen LogP contribution in [0.15, 0.2) is 60.7 Å². The third-order valence-corrected chi connectivity index (χ3v) is 4.66. The van der Waals surface area contributed by atoms with E-state index in [1.54, 1.807) is 0 Å². The minimum atomic E-state index is -1.08. The molecule has 0 N–H and O–H groups in total. The number of rotatable bonds is 6. The van der Waals surface area contributed by atoms with Crippen LogP contribution in [0.4, 0.5) is 4.79 Å². The lowest BCUT2D eigenvalue weighted by Crippen LogP contribution is -2.46. The topological polar surface area (TPSA) is 82.1 Å². The fraction of sp³-hybridized carbons (Fsp3) is 0.286. The van der Waals surface area contributed by atoms with E-state index in [0.29, 0.717) is 0 Å². The Morgan fingerprint density at radius 2 is 1.50 bits per heavy atom. The van der Waals surface area contributed by atoms with Gasteiger partial charge in [-0.1, -0.05) is 60.7 Å². The molecule has 7 heteroatoms. The zero-order valence-corrected chi connectivity index (χ0v) is 15.6. The molecule has 2 unspecified atom stereocenters. The van der Waals surface area contributed by atoms with Gasteiger partial charge in [-0.15, -0.1) is 0 Å². The van der Waals surface area contributed by atoms with E-state index in [1.165, 1.54) is 19.1 Å². The summed E-state index contributed by atoms with van der Waals surface area (Å²) in [4.78, 5) is 38.5. The van der Waals surface area contributed by atoms with Crippen molar-refractivity contribution in [2.75, 3.05) is 14.2 Å². The maximum atomic E-state index is 12.8. The molecular formula is C21H21NO6. The van der Waals surface area contributed by atoms with Crippen LogP contribution in [-0.2, 0) is 23.8 Å². The Morgan fingerprint density at radius 3 is 1.96 bits per heavy atom. The fourth-order valence-corrected chi connectivity index (χ4v) is 3.38. The molecule has 7 nitrogen and oxygen atoms in total. The zero-order chi connectivity index (χ0) is 20.1. The SMILES string of the molecule is COC(=O)CC1OC(=O)N(C(c2ccccc2)c2ccccc2)C1C(=O)OC. The molecule has 2 atom stereocenters. The van der Waals surface area contributed by atoms with Gasteiger partial charge in [-0.25, -0.2) is 9.59 Å². The summed E-state index contributed by atoms with van der Waals surface area (Å²) >= 11 is 0. The molecule has 1 heterocycles. The molecule has 0 spiro atoms. The smallest absolute Gasteiger partial charge is 0.411 e. The average molecular weight is 383 g/mol. The molecular weight excluding hydrogens is 362 g/mol. The van der Waals surface area contributed by atoms with E-state index in [2.05, 4.69) is 4.74 Å². The second kappa shape index (κ2) is 8.56. The number of cyclic esters (lactones) is 1. The molecule has 2 aromatic rings. The average Bonchev–Trinajstić information content (AvgIpc) is 3.04. The van der Waals surface area contributed by atoms with Crippen molar-refractivity contribution >= 4 is 18.0 Å². The number of nitrogens with zero attached hydrogens (tertiary/aromatic N) is 1. The van der Waals surface area contributed by atoms with Crippen molar-refractivity contribution in [3.8, 4) is 0 Å². The summed E-state index contributed by atoms with van der Waals surface area (Å²) in [6.45, 7) is 0. The van der Waals surface area contributed by atoms with Gasteiger partial charge in [0, 0.05) is 0 Å². The largest absolute Gasteiger partial charge is 0.469 e. The Balaban J connectivity index is 2.07. The number of carbonyl (C=O) groups is 3. The number of hydrogen-bond donors (Lipinski definition) is 0.